The van der Waals surface area contributed by atoms with Crippen molar-refractivity contribution in [2.24, 2.45) is 0 Å². The minimum atomic E-state index is -0.351. The average Bonchev–Trinajstić information content (AvgIpc) is 2.81. The van der Waals surface area contributed by atoms with Crippen LogP contribution in [0.5, 0.6) is 0 Å². The van der Waals surface area contributed by atoms with E-state index in [1.165, 1.54) is 18.4 Å². The van der Waals surface area contributed by atoms with Crippen LogP contribution < -0.4 is 5.32 Å². The second kappa shape index (κ2) is 5.84. The molecule has 0 unspecified atom stereocenters. The molecule has 1 aromatic carbocycles. The Labute approximate surface area is 114 Å². The van der Waals surface area contributed by atoms with Gasteiger partial charge in [0.2, 0.25) is 0 Å². The number of thiazole rings is 1. The van der Waals surface area contributed by atoms with Gasteiger partial charge >= 0.3 is 5.97 Å². The number of benzene rings is 1. The Morgan fingerprint density at radius 1 is 1.56 bits per heavy atom. The van der Waals surface area contributed by atoms with E-state index < -0.39 is 0 Å². The topological polar surface area (TPSA) is 51.2 Å². The Kier molecular flexibility index (Phi) is 4.17. The van der Waals surface area contributed by atoms with Crippen LogP contribution in [0.25, 0.3) is 0 Å². The molecular weight excluding hydrogens is 272 g/mol. The number of methoxy groups -OCH3 is 1. The number of ether oxygens (including phenoxy) is 1. The van der Waals surface area contributed by atoms with E-state index in [9.17, 15) is 4.79 Å². The Bertz CT molecular complexity index is 557. The van der Waals surface area contributed by atoms with Gasteiger partial charge in [-0.25, -0.2) is 9.78 Å². The minimum Gasteiger partial charge on any atom is -0.465 e. The van der Waals surface area contributed by atoms with Crippen LogP contribution in [0, 0.1) is 0 Å². The molecule has 94 valence electrons. The summed E-state index contributed by atoms with van der Waals surface area (Å²) >= 11 is 7.22. The first-order valence-electron chi connectivity index (χ1n) is 5.21. The monoisotopic (exact) mass is 282 g/mol. The standard InChI is InChI=1S/C12H11ClN2O2S/c1-17-12(16)8-3-2-4-9(5-8)14-7-11-15-6-10(13)18-11/h2-6,14H,7H2,1H3. The molecule has 0 saturated heterocycles. The van der Waals surface area contributed by atoms with Gasteiger partial charge in [-0.1, -0.05) is 17.7 Å². The summed E-state index contributed by atoms with van der Waals surface area (Å²) in [7, 11) is 1.36. The zero-order chi connectivity index (χ0) is 13.0. The van der Waals surface area contributed by atoms with Crippen molar-refractivity contribution in [1.29, 1.82) is 0 Å². The SMILES string of the molecule is COC(=O)c1cccc(NCc2ncc(Cl)s2)c1. The van der Waals surface area contributed by atoms with E-state index in [1.54, 1.807) is 24.4 Å². The van der Waals surface area contributed by atoms with Crippen molar-refractivity contribution < 1.29 is 9.53 Å². The average molecular weight is 283 g/mol. The van der Waals surface area contributed by atoms with Gasteiger partial charge in [-0.3, -0.25) is 0 Å². The molecular formula is C12H11ClN2O2S. The number of halogens is 1. The van der Waals surface area contributed by atoms with Crippen LogP contribution in [0.15, 0.2) is 30.5 Å². The zero-order valence-electron chi connectivity index (χ0n) is 9.64. The van der Waals surface area contributed by atoms with Gasteiger partial charge in [-0.2, -0.15) is 0 Å². The maximum atomic E-state index is 11.4. The van der Waals surface area contributed by atoms with Crippen LogP contribution >= 0.6 is 22.9 Å². The fourth-order valence-corrected chi connectivity index (χ4v) is 2.32. The van der Waals surface area contributed by atoms with E-state index in [1.807, 2.05) is 6.07 Å². The first kappa shape index (κ1) is 12.9. The Hall–Kier alpha value is -1.59. The lowest BCUT2D eigenvalue weighted by Crippen LogP contribution is -2.03. The van der Waals surface area contributed by atoms with Crippen LogP contribution in [0.2, 0.25) is 4.34 Å². The van der Waals surface area contributed by atoms with Crippen molar-refractivity contribution in [2.75, 3.05) is 12.4 Å². The number of anilines is 1. The van der Waals surface area contributed by atoms with Gasteiger partial charge < -0.3 is 10.1 Å². The van der Waals surface area contributed by atoms with Crippen molar-refractivity contribution in [3.63, 3.8) is 0 Å². The number of hydrogen-bond donors (Lipinski definition) is 1. The van der Waals surface area contributed by atoms with Crippen LogP contribution in [-0.2, 0) is 11.3 Å². The summed E-state index contributed by atoms with van der Waals surface area (Å²) in [6.45, 7) is 0.571. The third-order valence-corrected chi connectivity index (χ3v) is 3.37. The number of aromatic nitrogens is 1. The highest BCUT2D eigenvalue weighted by Crippen LogP contribution is 2.19. The number of hydrogen-bond acceptors (Lipinski definition) is 5. The van der Waals surface area contributed by atoms with Gasteiger partial charge in [-0.15, -0.1) is 11.3 Å². The molecule has 2 rings (SSSR count). The van der Waals surface area contributed by atoms with Gasteiger partial charge in [0.15, 0.2) is 0 Å². The summed E-state index contributed by atoms with van der Waals surface area (Å²) in [5.41, 5.74) is 1.35. The Morgan fingerprint density at radius 3 is 3.06 bits per heavy atom. The molecule has 4 nitrogen and oxygen atoms in total. The van der Waals surface area contributed by atoms with Gasteiger partial charge in [0.25, 0.3) is 0 Å². The number of nitrogens with one attached hydrogen (secondary N) is 1. The van der Waals surface area contributed by atoms with E-state index in [-0.39, 0.29) is 5.97 Å². The lowest BCUT2D eigenvalue weighted by atomic mass is 10.2. The predicted octanol–water partition coefficient (Wildman–Crippen LogP) is 3.20. The van der Waals surface area contributed by atoms with Crippen LogP contribution in [0.1, 0.15) is 15.4 Å². The summed E-state index contributed by atoms with van der Waals surface area (Å²) in [4.78, 5) is 15.5. The number of esters is 1. The molecule has 18 heavy (non-hydrogen) atoms. The molecule has 0 aliphatic heterocycles. The first-order valence-corrected chi connectivity index (χ1v) is 6.41. The minimum absolute atomic E-state index is 0.351. The van der Waals surface area contributed by atoms with Crippen LogP contribution in [0.3, 0.4) is 0 Å². The van der Waals surface area contributed by atoms with E-state index in [0.29, 0.717) is 16.4 Å². The normalized spacial score (nSPS) is 10.1. The number of nitrogens with zero attached hydrogens (tertiary/aromatic N) is 1. The highest BCUT2D eigenvalue weighted by molar-refractivity contribution is 7.15. The fourth-order valence-electron chi connectivity index (χ4n) is 1.42. The molecule has 0 aliphatic carbocycles. The lowest BCUT2D eigenvalue weighted by molar-refractivity contribution is 0.0601. The second-order valence-corrected chi connectivity index (χ2v) is 5.23. The maximum Gasteiger partial charge on any atom is 0.337 e. The third kappa shape index (κ3) is 3.21. The van der Waals surface area contributed by atoms with Gasteiger partial charge in [-0.05, 0) is 18.2 Å². The molecule has 6 heteroatoms. The van der Waals surface area contributed by atoms with Gasteiger partial charge in [0.05, 0.1) is 25.4 Å². The highest BCUT2D eigenvalue weighted by Gasteiger charge is 2.06. The Morgan fingerprint density at radius 2 is 2.39 bits per heavy atom. The summed E-state index contributed by atoms with van der Waals surface area (Å²) in [5.74, 6) is -0.351. The molecule has 0 spiro atoms. The predicted molar refractivity (Wildman–Crippen MR) is 72.2 cm³/mol. The summed E-state index contributed by atoms with van der Waals surface area (Å²) in [5, 5.41) is 4.07. The highest BCUT2D eigenvalue weighted by atomic mass is 35.5. The molecule has 0 amide bonds. The zero-order valence-corrected chi connectivity index (χ0v) is 11.2. The van der Waals surface area contributed by atoms with Crippen molar-refractivity contribution in [1.82, 2.24) is 4.98 Å². The number of carbonyl (C=O) groups excluding carboxylic acids is 1. The smallest absolute Gasteiger partial charge is 0.337 e. The molecule has 0 atom stereocenters. The number of rotatable bonds is 4. The summed E-state index contributed by atoms with van der Waals surface area (Å²) in [6.07, 6.45) is 1.62. The van der Waals surface area contributed by atoms with Crippen molar-refractivity contribution in [2.45, 2.75) is 6.54 Å². The van der Waals surface area contributed by atoms with E-state index in [0.717, 1.165) is 10.7 Å². The van der Waals surface area contributed by atoms with Gasteiger partial charge in [0, 0.05) is 5.69 Å². The first-order chi connectivity index (χ1) is 8.69. The molecule has 1 heterocycles. The Balaban J connectivity index is 2.03. The third-order valence-electron chi connectivity index (χ3n) is 2.25. The molecule has 0 fully saturated rings. The summed E-state index contributed by atoms with van der Waals surface area (Å²) in [6, 6.07) is 7.11. The van der Waals surface area contributed by atoms with Crippen molar-refractivity contribution in [3.05, 3.63) is 45.4 Å². The number of carbonyl (C=O) groups is 1. The quantitative estimate of drug-likeness (QED) is 0.875. The molecule has 2 aromatic rings. The van der Waals surface area contributed by atoms with E-state index >= 15 is 0 Å². The van der Waals surface area contributed by atoms with E-state index in [2.05, 4.69) is 15.0 Å². The maximum absolute atomic E-state index is 11.4. The molecule has 0 aliphatic rings. The molecule has 0 radical (unpaired) electrons. The lowest BCUT2D eigenvalue weighted by Gasteiger charge is -2.05. The second-order valence-electron chi connectivity index (χ2n) is 3.48. The van der Waals surface area contributed by atoms with Crippen molar-refractivity contribution in [3.8, 4) is 0 Å². The largest absolute Gasteiger partial charge is 0.465 e. The van der Waals surface area contributed by atoms with E-state index in [4.69, 9.17) is 11.6 Å². The molecule has 1 aromatic heterocycles. The molecule has 0 bridgehead atoms. The van der Waals surface area contributed by atoms with Crippen LogP contribution in [-0.4, -0.2) is 18.1 Å². The molecule has 0 saturated carbocycles. The molecule has 1 N–H and O–H groups in total. The summed E-state index contributed by atoms with van der Waals surface area (Å²) < 4.78 is 5.33. The van der Waals surface area contributed by atoms with Gasteiger partial charge in [0.1, 0.15) is 9.34 Å². The van der Waals surface area contributed by atoms with Crippen LogP contribution in [0.4, 0.5) is 5.69 Å². The van der Waals surface area contributed by atoms with Crippen molar-refractivity contribution >= 4 is 34.6 Å². The fraction of sp³-hybridized carbons (Fsp3) is 0.167.